The summed E-state index contributed by atoms with van der Waals surface area (Å²) in [7, 11) is -0.930. The highest BCUT2D eigenvalue weighted by Gasteiger charge is 2.62. The molecule has 8 aliphatic rings. The average Bonchev–Trinajstić information content (AvgIpc) is 2.44. The first-order valence-corrected chi connectivity index (χ1v) is 11.6. The molecule has 8 bridgehead atoms. The van der Waals surface area contributed by atoms with Gasteiger partial charge in [0.2, 0.25) is 0 Å². The van der Waals surface area contributed by atoms with Crippen molar-refractivity contribution in [1.29, 1.82) is 0 Å². The summed E-state index contributed by atoms with van der Waals surface area (Å²) in [6.07, 6.45) is 14.6. The van der Waals surface area contributed by atoms with Crippen LogP contribution < -0.4 is 0 Å². The topological polar surface area (TPSA) is 17.1 Å². The highest BCUT2D eigenvalue weighted by Crippen LogP contribution is 2.67. The first kappa shape index (κ1) is 13.4. The largest absolute Gasteiger partial charge is 0.346 e. The second kappa shape index (κ2) is 4.59. The Morgan fingerprint density at radius 3 is 1.00 bits per heavy atom. The molecule has 2 heteroatoms. The lowest BCUT2D eigenvalue weighted by atomic mass is 9.56. The summed E-state index contributed by atoms with van der Waals surface area (Å²) in [6, 6.07) is 0. The zero-order chi connectivity index (χ0) is 14.4. The van der Waals surface area contributed by atoms with Crippen LogP contribution in [0.5, 0.6) is 0 Å². The van der Waals surface area contributed by atoms with Gasteiger partial charge in [0.1, 0.15) is 0 Å². The van der Waals surface area contributed by atoms with E-state index in [1.165, 1.54) is 64.2 Å². The zero-order valence-corrected chi connectivity index (χ0v) is 14.6. The Hall–Kier alpha value is 0.100. The van der Waals surface area contributed by atoms with Crippen LogP contribution in [-0.4, -0.2) is 11.3 Å². The molecule has 22 heavy (non-hydrogen) atoms. The van der Waals surface area contributed by atoms with Gasteiger partial charge in [0.05, 0.1) is 0 Å². The van der Waals surface area contributed by atoms with Crippen molar-refractivity contribution in [3.8, 4) is 0 Å². The average molecular weight is 317 g/mol. The van der Waals surface area contributed by atoms with Crippen LogP contribution in [0.2, 0.25) is 0 Å². The van der Waals surface area contributed by atoms with Crippen molar-refractivity contribution in [2.45, 2.75) is 75.5 Å². The molecule has 8 rings (SSSR count). The number of hydrogen-bond acceptors (Lipinski definition) is 1. The minimum absolute atomic E-state index is 0.658. The van der Waals surface area contributed by atoms with Gasteiger partial charge in [-0.25, -0.2) is 0 Å². The Morgan fingerprint density at radius 2 is 0.727 bits per heavy atom. The van der Waals surface area contributed by atoms with E-state index in [1.54, 1.807) is 0 Å². The minimum atomic E-state index is -0.930. The highest BCUT2D eigenvalue weighted by atomic mass is 31.1. The Morgan fingerprint density at radius 1 is 0.455 bits per heavy atom. The van der Waals surface area contributed by atoms with Gasteiger partial charge in [-0.05, 0) is 87.9 Å². The van der Waals surface area contributed by atoms with Crippen LogP contribution in [-0.2, 0) is 4.57 Å². The van der Waals surface area contributed by atoms with Crippen molar-refractivity contribution in [3.05, 3.63) is 0 Å². The second-order valence-electron chi connectivity index (χ2n) is 10.2. The Labute approximate surface area is 135 Å². The van der Waals surface area contributed by atoms with Crippen molar-refractivity contribution in [3.63, 3.8) is 0 Å². The number of rotatable bonds is 2. The van der Waals surface area contributed by atoms with E-state index in [-0.39, 0.29) is 0 Å². The molecular weight excluding hydrogens is 287 g/mol. The molecule has 0 radical (unpaired) electrons. The van der Waals surface area contributed by atoms with Crippen molar-refractivity contribution >= 4 is 7.80 Å². The lowest BCUT2D eigenvalue weighted by Gasteiger charge is -2.54. The van der Waals surface area contributed by atoms with E-state index in [1.807, 2.05) is 0 Å². The summed E-state index contributed by atoms with van der Waals surface area (Å²) in [5.41, 5.74) is 1.32. The Balaban J connectivity index is 1.29. The van der Waals surface area contributed by atoms with Gasteiger partial charge in [0, 0.05) is 23.7 Å². The van der Waals surface area contributed by atoms with E-state index in [4.69, 9.17) is 0 Å². The summed E-state index contributed by atoms with van der Waals surface area (Å²) < 4.78 is 13.8. The van der Waals surface area contributed by atoms with Crippen LogP contribution in [0.15, 0.2) is 0 Å². The lowest BCUT2D eigenvalue weighted by Crippen LogP contribution is -2.51. The molecule has 0 amide bonds. The molecule has 0 aromatic carbocycles. The van der Waals surface area contributed by atoms with E-state index < -0.39 is 7.80 Å². The van der Waals surface area contributed by atoms with Crippen LogP contribution >= 0.6 is 7.80 Å². The molecule has 8 aliphatic carbocycles. The Kier molecular flexibility index (Phi) is 2.79. The van der Waals surface area contributed by atoms with Gasteiger partial charge in [-0.3, -0.25) is 0 Å². The van der Waals surface area contributed by atoms with Gasteiger partial charge in [-0.15, -0.1) is 0 Å². The molecule has 0 aromatic rings. The molecule has 0 atom stereocenters. The molecule has 0 aliphatic heterocycles. The predicted molar refractivity (Wildman–Crippen MR) is 89.3 cm³/mol. The third-order valence-corrected chi connectivity index (χ3v) is 11.8. The predicted octanol–water partition coefficient (Wildman–Crippen LogP) is 5.46. The monoisotopic (exact) mass is 317 g/mol. The van der Waals surface area contributed by atoms with Crippen molar-refractivity contribution in [1.82, 2.24) is 0 Å². The third-order valence-electron chi connectivity index (χ3n) is 8.94. The molecule has 0 saturated heterocycles. The van der Waals surface area contributed by atoms with Crippen LogP contribution in [0.4, 0.5) is 0 Å². The smallest absolute Gasteiger partial charge is 0.0741 e. The first-order valence-electron chi connectivity index (χ1n) is 10.2. The molecule has 0 unspecified atom stereocenters. The summed E-state index contributed by atoms with van der Waals surface area (Å²) in [4.78, 5) is 0. The zero-order valence-electron chi connectivity index (χ0n) is 13.7. The maximum absolute atomic E-state index is 13.8. The summed E-state index contributed by atoms with van der Waals surface area (Å²) in [5, 5.41) is 0. The maximum atomic E-state index is 13.8. The van der Waals surface area contributed by atoms with Crippen molar-refractivity contribution in [2.24, 2.45) is 47.3 Å². The Bertz CT molecular complexity index is 412. The van der Waals surface area contributed by atoms with Gasteiger partial charge in [-0.1, -0.05) is 4.57 Å². The molecule has 0 heterocycles. The molecule has 120 valence electrons. The maximum Gasteiger partial charge on any atom is 0.346 e. The van der Waals surface area contributed by atoms with Crippen LogP contribution in [0, 0.1) is 47.3 Å². The van der Waals surface area contributed by atoms with Gasteiger partial charge in [-0.2, -0.15) is 0 Å². The van der Waals surface area contributed by atoms with Crippen molar-refractivity contribution < 1.29 is 4.57 Å². The van der Waals surface area contributed by atoms with Crippen molar-refractivity contribution in [2.75, 3.05) is 0 Å². The minimum Gasteiger partial charge on any atom is -0.0741 e. The van der Waals surface area contributed by atoms with Gasteiger partial charge in [0.25, 0.3) is 0 Å². The van der Waals surface area contributed by atoms with Crippen LogP contribution in [0.3, 0.4) is 0 Å². The van der Waals surface area contributed by atoms with E-state index in [0.717, 1.165) is 47.3 Å². The fraction of sp³-hybridized carbons (Fsp3) is 1.00. The van der Waals surface area contributed by atoms with Gasteiger partial charge >= 0.3 is 7.80 Å². The standard InChI is InChI=1S/C20H30OP/c21-22(19-15-3-11-1-12(5-15)6-16(19)4-11)20-17-7-13-2-14(9-17)10-18(20)8-13/h11-20H,1-10H2/q+1. The summed E-state index contributed by atoms with van der Waals surface area (Å²) in [5.74, 6) is 7.60. The summed E-state index contributed by atoms with van der Waals surface area (Å²) in [6.45, 7) is 0. The van der Waals surface area contributed by atoms with E-state index in [0.29, 0.717) is 11.3 Å². The quantitative estimate of drug-likeness (QED) is 0.618. The first-order chi connectivity index (χ1) is 10.7. The molecule has 0 spiro atoms. The van der Waals surface area contributed by atoms with E-state index >= 15 is 0 Å². The molecule has 8 saturated carbocycles. The number of hydrogen-bond donors (Lipinski definition) is 0. The normalized spacial score (nSPS) is 61.7. The van der Waals surface area contributed by atoms with Gasteiger partial charge in [0.15, 0.2) is 11.3 Å². The van der Waals surface area contributed by atoms with Crippen LogP contribution in [0.1, 0.15) is 64.2 Å². The summed E-state index contributed by atoms with van der Waals surface area (Å²) >= 11 is 0. The van der Waals surface area contributed by atoms with Crippen LogP contribution in [0.25, 0.3) is 0 Å². The van der Waals surface area contributed by atoms with Gasteiger partial charge < -0.3 is 0 Å². The molecule has 0 aromatic heterocycles. The highest BCUT2D eigenvalue weighted by molar-refractivity contribution is 7.46. The van der Waals surface area contributed by atoms with E-state index in [9.17, 15) is 4.57 Å². The van der Waals surface area contributed by atoms with E-state index in [2.05, 4.69) is 0 Å². The molecule has 1 nitrogen and oxygen atoms in total. The molecular formula is C20H30OP+. The SMILES string of the molecule is O=[P+](C1C2CC3CC(C2)CC1C3)C1C2CC3CC(C2)CC1C3. The molecule has 0 N–H and O–H groups in total. The second-order valence-corrected chi connectivity index (χ2v) is 12.1. The lowest BCUT2D eigenvalue weighted by molar-refractivity contribution is 0.0117. The third kappa shape index (κ3) is 1.78. The fourth-order valence-electron chi connectivity index (χ4n) is 8.82. The molecule has 8 fully saturated rings. The fourth-order valence-corrected chi connectivity index (χ4v) is 11.9.